The van der Waals surface area contributed by atoms with Gasteiger partial charge < -0.3 is 5.32 Å². The van der Waals surface area contributed by atoms with Crippen LogP contribution in [0.1, 0.15) is 12.0 Å². The molecule has 1 aromatic rings. The van der Waals surface area contributed by atoms with E-state index in [4.69, 9.17) is 5.26 Å². The summed E-state index contributed by atoms with van der Waals surface area (Å²) in [5.41, 5.74) is -1.54. The van der Waals surface area contributed by atoms with Crippen LogP contribution in [-0.4, -0.2) is 5.91 Å². The zero-order valence-corrected chi connectivity index (χ0v) is 8.31. The van der Waals surface area contributed by atoms with Crippen molar-refractivity contribution in [3.8, 4) is 6.07 Å². The molecule has 0 atom stereocenters. The molecule has 0 unspecified atom stereocenters. The highest BCUT2D eigenvalue weighted by Crippen LogP contribution is 2.31. The number of anilines is 1. The number of alkyl halides is 3. The molecule has 0 bridgehead atoms. The lowest BCUT2D eigenvalue weighted by molar-refractivity contribution is -0.137. The van der Waals surface area contributed by atoms with E-state index in [2.05, 4.69) is 0 Å². The molecule has 0 aliphatic rings. The molecule has 0 saturated heterocycles. The van der Waals surface area contributed by atoms with Crippen LogP contribution in [0, 0.1) is 17.1 Å². The zero-order valence-electron chi connectivity index (χ0n) is 8.31. The fraction of sp³-hybridized carbons (Fsp3) is 0.200. The number of amides is 1. The molecule has 90 valence electrons. The van der Waals surface area contributed by atoms with Crippen LogP contribution in [0.5, 0.6) is 0 Å². The van der Waals surface area contributed by atoms with Crippen molar-refractivity contribution in [3.05, 3.63) is 29.6 Å². The van der Waals surface area contributed by atoms with Gasteiger partial charge in [0.25, 0.3) is 0 Å². The van der Waals surface area contributed by atoms with Crippen LogP contribution < -0.4 is 5.32 Å². The van der Waals surface area contributed by atoms with E-state index in [-0.39, 0.29) is 6.07 Å². The first kappa shape index (κ1) is 13.0. The Morgan fingerprint density at radius 2 is 2.06 bits per heavy atom. The van der Waals surface area contributed by atoms with Gasteiger partial charge in [0, 0.05) is 0 Å². The predicted molar refractivity (Wildman–Crippen MR) is 50.3 cm³/mol. The maximum atomic E-state index is 13.2. The predicted octanol–water partition coefficient (Wildman–Crippen LogP) is 2.70. The van der Waals surface area contributed by atoms with Crippen LogP contribution >= 0.6 is 0 Å². The molecule has 1 amide bonds. The van der Waals surface area contributed by atoms with Crippen LogP contribution in [0.15, 0.2) is 18.2 Å². The van der Waals surface area contributed by atoms with E-state index in [1.54, 1.807) is 0 Å². The third-order valence-electron chi connectivity index (χ3n) is 1.81. The van der Waals surface area contributed by atoms with Crippen molar-refractivity contribution in [1.29, 1.82) is 5.26 Å². The Labute approximate surface area is 93.7 Å². The van der Waals surface area contributed by atoms with E-state index in [9.17, 15) is 22.4 Å². The SMILES string of the molecule is N#CCC(=O)Nc1ccc(C(F)(F)F)cc1F. The largest absolute Gasteiger partial charge is 0.416 e. The van der Waals surface area contributed by atoms with Crippen molar-refractivity contribution in [3.63, 3.8) is 0 Å². The van der Waals surface area contributed by atoms with Crippen LogP contribution in [-0.2, 0) is 11.0 Å². The highest BCUT2D eigenvalue weighted by atomic mass is 19.4. The monoisotopic (exact) mass is 246 g/mol. The summed E-state index contributed by atoms with van der Waals surface area (Å²) in [4.78, 5) is 10.9. The Bertz CT molecular complexity index is 476. The molecule has 0 aliphatic heterocycles. The number of rotatable bonds is 2. The molecule has 1 aromatic carbocycles. The summed E-state index contributed by atoms with van der Waals surface area (Å²) in [6, 6.07) is 3.25. The lowest BCUT2D eigenvalue weighted by atomic mass is 10.2. The number of hydrogen-bond acceptors (Lipinski definition) is 2. The van der Waals surface area contributed by atoms with Crippen molar-refractivity contribution >= 4 is 11.6 Å². The number of carbonyl (C=O) groups excluding carboxylic acids is 1. The minimum atomic E-state index is -4.64. The second-order valence-electron chi connectivity index (χ2n) is 3.08. The second kappa shape index (κ2) is 4.82. The summed E-state index contributed by atoms with van der Waals surface area (Å²) in [5.74, 6) is -1.99. The minimum absolute atomic E-state index is 0.280. The van der Waals surface area contributed by atoms with Crippen molar-refractivity contribution in [1.82, 2.24) is 0 Å². The third kappa shape index (κ3) is 3.45. The van der Waals surface area contributed by atoms with Gasteiger partial charge in [-0.3, -0.25) is 4.79 Å². The summed E-state index contributed by atoms with van der Waals surface area (Å²) in [7, 11) is 0. The summed E-state index contributed by atoms with van der Waals surface area (Å²) < 4.78 is 49.7. The molecule has 0 saturated carbocycles. The average Bonchev–Trinajstić information content (AvgIpc) is 2.20. The van der Waals surface area contributed by atoms with Gasteiger partial charge in [-0.05, 0) is 18.2 Å². The molecule has 0 heterocycles. The number of halogens is 4. The molecule has 0 spiro atoms. The smallest absolute Gasteiger partial charge is 0.323 e. The van der Waals surface area contributed by atoms with Crippen molar-refractivity contribution in [2.75, 3.05) is 5.32 Å². The molecule has 3 nitrogen and oxygen atoms in total. The maximum Gasteiger partial charge on any atom is 0.416 e. The van der Waals surface area contributed by atoms with E-state index in [0.29, 0.717) is 6.07 Å². The van der Waals surface area contributed by atoms with Gasteiger partial charge >= 0.3 is 6.18 Å². The normalized spacial score (nSPS) is 10.8. The van der Waals surface area contributed by atoms with Gasteiger partial charge in [-0.1, -0.05) is 0 Å². The number of nitriles is 1. The first-order valence-corrected chi connectivity index (χ1v) is 4.38. The molecule has 17 heavy (non-hydrogen) atoms. The van der Waals surface area contributed by atoms with Gasteiger partial charge in [0.2, 0.25) is 5.91 Å². The lowest BCUT2D eigenvalue weighted by Crippen LogP contribution is -2.12. The number of nitrogens with one attached hydrogen (secondary N) is 1. The van der Waals surface area contributed by atoms with Crippen LogP contribution in [0.4, 0.5) is 23.2 Å². The highest BCUT2D eigenvalue weighted by molar-refractivity contribution is 5.92. The summed E-state index contributed by atoms with van der Waals surface area (Å²) in [6.45, 7) is 0. The fourth-order valence-corrected chi connectivity index (χ4v) is 1.06. The molecule has 0 fully saturated rings. The average molecular weight is 246 g/mol. The van der Waals surface area contributed by atoms with Gasteiger partial charge in [0.05, 0.1) is 17.3 Å². The van der Waals surface area contributed by atoms with E-state index in [1.165, 1.54) is 6.07 Å². The Hall–Kier alpha value is -2.10. The van der Waals surface area contributed by atoms with Crippen LogP contribution in [0.25, 0.3) is 0 Å². The quantitative estimate of drug-likeness (QED) is 0.815. The maximum absolute atomic E-state index is 13.2. The Kier molecular flexibility index (Phi) is 3.68. The summed E-state index contributed by atoms with van der Waals surface area (Å²) in [6.07, 6.45) is -5.14. The molecule has 0 aromatic heterocycles. The van der Waals surface area contributed by atoms with Crippen LogP contribution in [0.3, 0.4) is 0 Å². The van der Waals surface area contributed by atoms with E-state index >= 15 is 0 Å². The Balaban J connectivity index is 2.92. The Morgan fingerprint density at radius 1 is 1.41 bits per heavy atom. The van der Waals surface area contributed by atoms with Gasteiger partial charge in [0.15, 0.2) is 0 Å². The number of hydrogen-bond donors (Lipinski definition) is 1. The van der Waals surface area contributed by atoms with E-state index in [1.807, 2.05) is 5.32 Å². The highest BCUT2D eigenvalue weighted by Gasteiger charge is 2.31. The topological polar surface area (TPSA) is 52.9 Å². The van der Waals surface area contributed by atoms with Crippen molar-refractivity contribution in [2.24, 2.45) is 0 Å². The summed E-state index contributed by atoms with van der Waals surface area (Å²) in [5, 5.41) is 10.2. The van der Waals surface area contributed by atoms with Gasteiger partial charge in [-0.25, -0.2) is 4.39 Å². The Morgan fingerprint density at radius 3 is 2.53 bits per heavy atom. The number of benzene rings is 1. The van der Waals surface area contributed by atoms with Gasteiger partial charge in [0.1, 0.15) is 12.2 Å². The molecule has 1 N–H and O–H groups in total. The standard InChI is InChI=1S/C10H6F4N2O/c11-7-5-6(10(12,13)14)1-2-8(7)16-9(17)3-4-15/h1-2,5H,3H2,(H,16,17). The number of nitrogens with zero attached hydrogens (tertiary/aromatic N) is 1. The van der Waals surface area contributed by atoms with Crippen LogP contribution in [0.2, 0.25) is 0 Å². The number of carbonyl (C=O) groups is 1. The van der Waals surface area contributed by atoms with E-state index in [0.717, 1.165) is 6.07 Å². The van der Waals surface area contributed by atoms with E-state index < -0.39 is 35.6 Å². The van der Waals surface area contributed by atoms with Crippen molar-refractivity contribution < 1.29 is 22.4 Å². The summed E-state index contributed by atoms with van der Waals surface area (Å²) >= 11 is 0. The molecular weight excluding hydrogens is 240 g/mol. The third-order valence-corrected chi connectivity index (χ3v) is 1.81. The molecule has 1 rings (SSSR count). The lowest BCUT2D eigenvalue weighted by Gasteiger charge is -2.09. The minimum Gasteiger partial charge on any atom is -0.323 e. The first-order chi connectivity index (χ1) is 7.84. The molecule has 7 heteroatoms. The molecule has 0 aliphatic carbocycles. The van der Waals surface area contributed by atoms with Gasteiger partial charge in [-0.2, -0.15) is 18.4 Å². The first-order valence-electron chi connectivity index (χ1n) is 4.38. The second-order valence-corrected chi connectivity index (χ2v) is 3.08. The molecular formula is C10H6F4N2O. The fourth-order valence-electron chi connectivity index (χ4n) is 1.06. The zero-order chi connectivity index (χ0) is 13.1. The molecule has 0 radical (unpaired) electrons. The van der Waals surface area contributed by atoms with Gasteiger partial charge in [-0.15, -0.1) is 0 Å². The van der Waals surface area contributed by atoms with Crippen molar-refractivity contribution in [2.45, 2.75) is 12.6 Å².